The van der Waals surface area contributed by atoms with Gasteiger partial charge in [0, 0.05) is 12.5 Å². The van der Waals surface area contributed by atoms with E-state index in [4.69, 9.17) is 5.73 Å². The van der Waals surface area contributed by atoms with Crippen LogP contribution in [0.25, 0.3) is 0 Å². The maximum atomic E-state index is 12.7. The largest absolute Gasteiger partial charge is 0.330 e. The lowest BCUT2D eigenvalue weighted by Crippen LogP contribution is -2.57. The first kappa shape index (κ1) is 15.3. The summed E-state index contributed by atoms with van der Waals surface area (Å²) in [5.74, 6) is 0.0579. The molecule has 114 valence electrons. The summed E-state index contributed by atoms with van der Waals surface area (Å²) >= 11 is 0. The van der Waals surface area contributed by atoms with E-state index < -0.39 is 5.54 Å². The Bertz CT molecular complexity index is 372. The number of unbranched alkanes of at least 4 members (excludes halogenated alkanes) is 3. The average Bonchev–Trinajstić information content (AvgIpc) is 2.68. The van der Waals surface area contributed by atoms with Gasteiger partial charge in [0.05, 0.1) is 0 Å². The number of hydrogen-bond acceptors (Lipinski definition) is 3. The second-order valence-corrected chi connectivity index (χ2v) is 6.10. The second-order valence-electron chi connectivity index (χ2n) is 6.10. The van der Waals surface area contributed by atoms with E-state index in [1.54, 1.807) is 0 Å². The Hall–Kier alpha value is -1.10. The summed E-state index contributed by atoms with van der Waals surface area (Å²) in [5, 5.41) is 2.97. The van der Waals surface area contributed by atoms with Crippen LogP contribution in [0.15, 0.2) is 0 Å². The van der Waals surface area contributed by atoms with Crippen LogP contribution >= 0.6 is 0 Å². The minimum Gasteiger partial charge on any atom is -0.330 e. The van der Waals surface area contributed by atoms with Gasteiger partial charge in [0.2, 0.25) is 0 Å². The van der Waals surface area contributed by atoms with E-state index in [2.05, 4.69) is 12.2 Å². The average molecular weight is 281 g/mol. The van der Waals surface area contributed by atoms with E-state index in [0.29, 0.717) is 13.1 Å². The predicted molar refractivity (Wildman–Crippen MR) is 78.1 cm³/mol. The lowest BCUT2D eigenvalue weighted by Gasteiger charge is -2.38. The van der Waals surface area contributed by atoms with Crippen molar-refractivity contribution in [2.45, 2.75) is 63.8 Å². The summed E-state index contributed by atoms with van der Waals surface area (Å²) < 4.78 is 0. The van der Waals surface area contributed by atoms with Gasteiger partial charge in [0.15, 0.2) is 0 Å². The van der Waals surface area contributed by atoms with E-state index in [0.717, 1.165) is 51.4 Å². The first-order valence-electron chi connectivity index (χ1n) is 8.00. The van der Waals surface area contributed by atoms with Gasteiger partial charge in [-0.15, -0.1) is 0 Å². The number of carbonyl (C=O) groups is 2. The fraction of sp³-hybridized carbons (Fsp3) is 0.867. The van der Waals surface area contributed by atoms with Crippen LogP contribution in [0.3, 0.4) is 0 Å². The van der Waals surface area contributed by atoms with Crippen LogP contribution in [0, 0.1) is 5.92 Å². The molecule has 2 rings (SSSR count). The van der Waals surface area contributed by atoms with Gasteiger partial charge in [-0.2, -0.15) is 0 Å². The lowest BCUT2D eigenvalue weighted by molar-refractivity contribution is -0.134. The van der Waals surface area contributed by atoms with Gasteiger partial charge in [-0.1, -0.05) is 39.0 Å². The number of amides is 3. The third-order valence-electron chi connectivity index (χ3n) is 4.79. The molecule has 1 aliphatic carbocycles. The van der Waals surface area contributed by atoms with Crippen LogP contribution < -0.4 is 11.1 Å². The summed E-state index contributed by atoms with van der Waals surface area (Å²) in [7, 11) is 0. The van der Waals surface area contributed by atoms with Gasteiger partial charge >= 0.3 is 6.03 Å². The molecular formula is C15H27N3O2. The van der Waals surface area contributed by atoms with E-state index in [1.165, 1.54) is 4.90 Å². The van der Waals surface area contributed by atoms with Gasteiger partial charge in [-0.25, -0.2) is 4.79 Å². The highest BCUT2D eigenvalue weighted by Crippen LogP contribution is 2.38. The van der Waals surface area contributed by atoms with Gasteiger partial charge in [0.25, 0.3) is 5.91 Å². The van der Waals surface area contributed by atoms with Crippen molar-refractivity contribution in [1.29, 1.82) is 0 Å². The minimum atomic E-state index is -0.700. The van der Waals surface area contributed by atoms with Crippen molar-refractivity contribution in [2.75, 3.05) is 13.1 Å². The maximum absolute atomic E-state index is 12.7. The number of carbonyl (C=O) groups excluding carboxylic acids is 2. The van der Waals surface area contributed by atoms with Gasteiger partial charge in [0.1, 0.15) is 5.54 Å². The Morgan fingerprint density at radius 3 is 2.80 bits per heavy atom. The number of rotatable bonds is 6. The summed E-state index contributed by atoms with van der Waals surface area (Å²) in [6.45, 7) is 3.16. The van der Waals surface area contributed by atoms with Gasteiger partial charge < -0.3 is 11.1 Å². The SMILES string of the molecule is CCCCCCN1C(=O)NC2(CCCCC2CN)C1=O. The Balaban J connectivity index is 2.03. The fourth-order valence-corrected chi connectivity index (χ4v) is 3.55. The zero-order valence-electron chi connectivity index (χ0n) is 12.5. The number of nitrogens with two attached hydrogens (primary N) is 1. The highest BCUT2D eigenvalue weighted by Gasteiger charge is 2.55. The number of nitrogens with zero attached hydrogens (tertiary/aromatic N) is 1. The summed E-state index contributed by atoms with van der Waals surface area (Å²) in [5.41, 5.74) is 5.13. The van der Waals surface area contributed by atoms with Crippen molar-refractivity contribution < 1.29 is 9.59 Å². The molecule has 3 amide bonds. The lowest BCUT2D eigenvalue weighted by atomic mass is 9.72. The van der Waals surface area contributed by atoms with Crippen LogP contribution in [-0.4, -0.2) is 35.5 Å². The van der Waals surface area contributed by atoms with Crippen molar-refractivity contribution >= 4 is 11.9 Å². The standard InChI is InChI=1S/C15H27N3O2/c1-2-3-4-7-10-18-13(19)15(17-14(18)20)9-6-5-8-12(15)11-16/h12H,2-11,16H2,1H3,(H,17,20). The highest BCUT2D eigenvalue weighted by atomic mass is 16.2. The molecule has 1 heterocycles. The molecule has 2 unspecified atom stereocenters. The zero-order chi connectivity index (χ0) is 14.6. The molecule has 1 aliphatic heterocycles. The van der Waals surface area contributed by atoms with Gasteiger partial charge in [-0.05, 0) is 25.8 Å². The maximum Gasteiger partial charge on any atom is 0.325 e. The summed E-state index contributed by atoms with van der Waals surface area (Å²) in [6.07, 6.45) is 8.04. The van der Waals surface area contributed by atoms with Crippen molar-refractivity contribution in [3.8, 4) is 0 Å². The van der Waals surface area contributed by atoms with Crippen molar-refractivity contribution in [3.63, 3.8) is 0 Å². The van der Waals surface area contributed by atoms with E-state index in [1.807, 2.05) is 0 Å². The molecule has 3 N–H and O–H groups in total. The molecule has 1 spiro atoms. The third kappa shape index (κ3) is 2.68. The first-order valence-corrected chi connectivity index (χ1v) is 8.00. The number of urea groups is 1. The monoisotopic (exact) mass is 281 g/mol. The van der Waals surface area contributed by atoms with E-state index in [9.17, 15) is 9.59 Å². The Morgan fingerprint density at radius 2 is 2.10 bits per heavy atom. The van der Waals surface area contributed by atoms with E-state index in [-0.39, 0.29) is 17.9 Å². The molecule has 2 fully saturated rings. The highest BCUT2D eigenvalue weighted by molar-refractivity contribution is 6.07. The van der Waals surface area contributed by atoms with Crippen molar-refractivity contribution in [3.05, 3.63) is 0 Å². The molecule has 0 aromatic carbocycles. The number of nitrogens with one attached hydrogen (secondary N) is 1. The number of hydrogen-bond donors (Lipinski definition) is 2. The molecule has 5 nitrogen and oxygen atoms in total. The van der Waals surface area contributed by atoms with Crippen LogP contribution in [0.4, 0.5) is 4.79 Å². The summed E-state index contributed by atoms with van der Waals surface area (Å²) in [6, 6.07) is -0.216. The van der Waals surface area contributed by atoms with Crippen LogP contribution in [0.1, 0.15) is 58.3 Å². The minimum absolute atomic E-state index is 0.0332. The molecule has 0 radical (unpaired) electrons. The predicted octanol–water partition coefficient (Wildman–Crippen LogP) is 2.01. The molecule has 5 heteroatoms. The quantitative estimate of drug-likeness (QED) is 0.577. The molecular weight excluding hydrogens is 254 g/mol. The smallest absolute Gasteiger partial charge is 0.325 e. The molecule has 0 aromatic heterocycles. The summed E-state index contributed by atoms with van der Waals surface area (Å²) in [4.78, 5) is 26.3. The first-order chi connectivity index (χ1) is 9.65. The van der Waals surface area contributed by atoms with Crippen LogP contribution in [0.2, 0.25) is 0 Å². The molecule has 20 heavy (non-hydrogen) atoms. The van der Waals surface area contributed by atoms with Crippen LogP contribution in [-0.2, 0) is 4.79 Å². The van der Waals surface area contributed by atoms with Crippen molar-refractivity contribution in [2.24, 2.45) is 11.7 Å². The van der Waals surface area contributed by atoms with E-state index >= 15 is 0 Å². The topological polar surface area (TPSA) is 75.4 Å². The fourth-order valence-electron chi connectivity index (χ4n) is 3.55. The Kier molecular flexibility index (Phi) is 5.02. The molecule has 2 atom stereocenters. The third-order valence-corrected chi connectivity index (χ3v) is 4.79. The van der Waals surface area contributed by atoms with Gasteiger partial charge in [-0.3, -0.25) is 9.69 Å². The molecule has 1 saturated heterocycles. The Morgan fingerprint density at radius 1 is 1.30 bits per heavy atom. The molecule has 1 saturated carbocycles. The Labute approximate surface area is 121 Å². The normalized spacial score (nSPS) is 30.1. The number of imide groups is 1. The molecule has 0 aromatic rings. The van der Waals surface area contributed by atoms with Crippen LogP contribution in [0.5, 0.6) is 0 Å². The second kappa shape index (κ2) is 6.57. The van der Waals surface area contributed by atoms with Crippen molar-refractivity contribution in [1.82, 2.24) is 10.2 Å². The molecule has 2 aliphatic rings. The zero-order valence-corrected chi connectivity index (χ0v) is 12.5. The molecule has 0 bridgehead atoms.